The van der Waals surface area contributed by atoms with Crippen LogP contribution in [0.25, 0.3) is 5.57 Å². The fourth-order valence-electron chi connectivity index (χ4n) is 2.53. The highest BCUT2D eigenvalue weighted by Crippen LogP contribution is 2.22. The van der Waals surface area contributed by atoms with Gasteiger partial charge >= 0.3 is 0 Å². The van der Waals surface area contributed by atoms with E-state index in [2.05, 4.69) is 23.7 Å². The Hall–Kier alpha value is -3.99. The molecule has 0 saturated heterocycles. The lowest BCUT2D eigenvalue weighted by Gasteiger charge is -2.12. The van der Waals surface area contributed by atoms with Crippen molar-refractivity contribution in [2.45, 2.75) is 5.60 Å². The molecule has 1 N–H and O–H groups in total. The molecule has 0 amide bonds. The summed E-state index contributed by atoms with van der Waals surface area (Å²) in [6.45, 7) is 0. The van der Waals surface area contributed by atoms with Crippen molar-refractivity contribution in [2.75, 3.05) is 7.11 Å². The van der Waals surface area contributed by atoms with E-state index >= 15 is 0 Å². The molecule has 0 aliphatic rings. The maximum Gasteiger partial charge on any atom is 0.247 e. The minimum Gasteiger partial charge on any atom is -0.497 e. The summed E-state index contributed by atoms with van der Waals surface area (Å²) >= 11 is 0. The molecular formula is C25H18O4. The molecule has 1 aromatic heterocycles. The van der Waals surface area contributed by atoms with Crippen molar-refractivity contribution in [3.05, 3.63) is 96.0 Å². The van der Waals surface area contributed by atoms with Gasteiger partial charge in [0.15, 0.2) is 5.76 Å². The zero-order valence-electron chi connectivity index (χ0n) is 15.8. The van der Waals surface area contributed by atoms with Crippen LogP contribution in [0.4, 0.5) is 0 Å². The van der Waals surface area contributed by atoms with Crippen LogP contribution >= 0.6 is 0 Å². The number of carbonyl (C=O) groups excluding carboxylic acids is 1. The molecule has 0 aliphatic carbocycles. The summed E-state index contributed by atoms with van der Waals surface area (Å²) in [5.74, 6) is 12.2. The first-order valence-corrected chi connectivity index (χ1v) is 8.82. The Bertz CT molecular complexity index is 1100. The number of furan rings is 1. The van der Waals surface area contributed by atoms with Gasteiger partial charge in [-0.2, -0.15) is 0 Å². The summed E-state index contributed by atoms with van der Waals surface area (Å²) in [6.07, 6.45) is 3.43. The van der Waals surface area contributed by atoms with E-state index in [0.29, 0.717) is 23.2 Å². The fourth-order valence-corrected chi connectivity index (χ4v) is 2.53. The number of aliphatic hydroxyl groups is 1. The molecular weight excluding hydrogens is 364 g/mol. The van der Waals surface area contributed by atoms with Gasteiger partial charge in [-0.25, -0.2) is 0 Å². The van der Waals surface area contributed by atoms with E-state index in [1.165, 1.54) is 12.3 Å². The van der Waals surface area contributed by atoms with Gasteiger partial charge in [0.1, 0.15) is 12.0 Å². The zero-order valence-corrected chi connectivity index (χ0v) is 15.8. The zero-order chi connectivity index (χ0) is 20.5. The number of hydrogen-bond acceptors (Lipinski definition) is 4. The fraction of sp³-hybridized carbons (Fsp3) is 0.0800. The lowest BCUT2D eigenvalue weighted by Crippen LogP contribution is -2.20. The van der Waals surface area contributed by atoms with Crippen LogP contribution in [0.15, 0.2) is 83.5 Å². The van der Waals surface area contributed by atoms with E-state index in [-0.39, 0.29) is 5.76 Å². The topological polar surface area (TPSA) is 59.7 Å². The average molecular weight is 382 g/mol. The Kier molecular flexibility index (Phi) is 6.32. The summed E-state index contributed by atoms with van der Waals surface area (Å²) < 4.78 is 10.5. The second kappa shape index (κ2) is 9.28. The van der Waals surface area contributed by atoms with Gasteiger partial charge < -0.3 is 14.3 Å². The van der Waals surface area contributed by atoms with Gasteiger partial charge in [0.05, 0.1) is 13.4 Å². The third-order valence-corrected chi connectivity index (χ3v) is 4.05. The molecule has 3 rings (SSSR count). The molecule has 3 aromatic rings. The summed E-state index contributed by atoms with van der Waals surface area (Å²) in [5.41, 5.74) is 0.0452. The largest absolute Gasteiger partial charge is 0.497 e. The lowest BCUT2D eigenvalue weighted by atomic mass is 9.99. The normalized spacial score (nSPS) is 12.6. The third-order valence-electron chi connectivity index (χ3n) is 4.05. The lowest BCUT2D eigenvalue weighted by molar-refractivity contribution is -0.104. The summed E-state index contributed by atoms with van der Waals surface area (Å²) in [6, 6.07) is 19.6. The van der Waals surface area contributed by atoms with Crippen molar-refractivity contribution < 1.29 is 19.1 Å². The van der Waals surface area contributed by atoms with Crippen LogP contribution in [0.2, 0.25) is 0 Å². The van der Waals surface area contributed by atoms with Crippen LogP contribution in [0.1, 0.15) is 16.9 Å². The standard InChI is InChI=1S/C25H18O4/c1-28-23-11-9-21(10-12-23)22(15-18-26)14-17-25(27,24-8-5-19-29-24)16-13-20-6-3-2-4-7-20/h2-12,15,18-19,27H,1H3/b22-15+. The van der Waals surface area contributed by atoms with Gasteiger partial charge in [0.25, 0.3) is 0 Å². The molecule has 142 valence electrons. The number of carbonyl (C=O) groups is 1. The molecule has 4 heteroatoms. The molecule has 0 bridgehead atoms. The Morgan fingerprint density at radius 3 is 2.41 bits per heavy atom. The molecule has 0 saturated carbocycles. The smallest absolute Gasteiger partial charge is 0.247 e. The van der Waals surface area contributed by atoms with Crippen LogP contribution < -0.4 is 4.74 Å². The Balaban J connectivity index is 2.01. The van der Waals surface area contributed by atoms with Gasteiger partial charge in [-0.05, 0) is 59.9 Å². The first kappa shape index (κ1) is 19.8. The summed E-state index contributed by atoms with van der Waals surface area (Å²) in [5, 5.41) is 11.1. The molecule has 0 spiro atoms. The van der Waals surface area contributed by atoms with Crippen LogP contribution in [0.3, 0.4) is 0 Å². The van der Waals surface area contributed by atoms with Gasteiger partial charge in [-0.3, -0.25) is 4.79 Å². The van der Waals surface area contributed by atoms with E-state index in [4.69, 9.17) is 9.15 Å². The monoisotopic (exact) mass is 382 g/mol. The van der Waals surface area contributed by atoms with Gasteiger partial charge in [-0.1, -0.05) is 42.2 Å². The first-order valence-electron chi connectivity index (χ1n) is 8.82. The summed E-state index contributed by atoms with van der Waals surface area (Å²) in [4.78, 5) is 11.1. The van der Waals surface area contributed by atoms with Gasteiger partial charge in [0.2, 0.25) is 5.60 Å². The molecule has 1 unspecified atom stereocenters. The van der Waals surface area contributed by atoms with Crippen LogP contribution in [0, 0.1) is 23.7 Å². The number of benzene rings is 2. The maximum absolute atomic E-state index is 11.1. The molecule has 4 nitrogen and oxygen atoms in total. The highest BCUT2D eigenvalue weighted by Gasteiger charge is 2.28. The Morgan fingerprint density at radius 2 is 1.79 bits per heavy atom. The Morgan fingerprint density at radius 1 is 1.03 bits per heavy atom. The molecule has 0 aliphatic heterocycles. The SMILES string of the molecule is COc1ccc(/C(C#CC(O)(C#Cc2ccccc2)c2ccco2)=C/C=O)cc1. The molecule has 0 radical (unpaired) electrons. The molecule has 1 atom stereocenters. The van der Waals surface area contributed by atoms with E-state index in [0.717, 1.165) is 5.56 Å². The van der Waals surface area contributed by atoms with Crippen LogP contribution in [0.5, 0.6) is 5.75 Å². The maximum atomic E-state index is 11.1. The third kappa shape index (κ3) is 5.05. The van der Waals surface area contributed by atoms with Crippen molar-refractivity contribution in [1.82, 2.24) is 0 Å². The molecule has 29 heavy (non-hydrogen) atoms. The van der Waals surface area contributed by atoms with Crippen LogP contribution in [-0.2, 0) is 10.4 Å². The van der Waals surface area contributed by atoms with Crippen molar-refractivity contribution in [2.24, 2.45) is 0 Å². The van der Waals surface area contributed by atoms with Gasteiger partial charge in [0, 0.05) is 11.1 Å². The second-order valence-corrected chi connectivity index (χ2v) is 6.00. The highest BCUT2D eigenvalue weighted by atomic mass is 16.5. The highest BCUT2D eigenvalue weighted by molar-refractivity contribution is 5.89. The number of rotatable bonds is 4. The number of methoxy groups -OCH3 is 1. The van der Waals surface area contributed by atoms with Crippen molar-refractivity contribution in [3.63, 3.8) is 0 Å². The number of aldehydes is 1. The molecule has 1 heterocycles. The molecule has 2 aromatic carbocycles. The minimum atomic E-state index is -1.84. The van der Waals surface area contributed by atoms with Crippen molar-refractivity contribution >= 4 is 11.9 Å². The second-order valence-electron chi connectivity index (χ2n) is 6.00. The van der Waals surface area contributed by atoms with Gasteiger partial charge in [-0.15, -0.1) is 0 Å². The predicted octanol–water partition coefficient (Wildman–Crippen LogP) is 3.81. The van der Waals surface area contributed by atoms with E-state index in [9.17, 15) is 9.90 Å². The first-order chi connectivity index (χ1) is 14.1. The average Bonchev–Trinajstić information content (AvgIpc) is 3.32. The van der Waals surface area contributed by atoms with Crippen LogP contribution in [-0.4, -0.2) is 18.5 Å². The van der Waals surface area contributed by atoms with E-state index in [1.54, 1.807) is 43.5 Å². The van der Waals surface area contributed by atoms with E-state index in [1.807, 2.05) is 30.3 Å². The predicted molar refractivity (Wildman–Crippen MR) is 111 cm³/mol. The number of ether oxygens (including phenoxy) is 1. The quantitative estimate of drug-likeness (QED) is 0.423. The molecule has 0 fully saturated rings. The van der Waals surface area contributed by atoms with Crippen molar-refractivity contribution in [1.29, 1.82) is 0 Å². The summed E-state index contributed by atoms with van der Waals surface area (Å²) in [7, 11) is 1.58. The Labute approximate surface area is 169 Å². The number of allylic oxidation sites excluding steroid dienone is 2. The minimum absolute atomic E-state index is 0.202. The van der Waals surface area contributed by atoms with E-state index < -0.39 is 5.60 Å². The number of hydrogen-bond donors (Lipinski definition) is 1. The van der Waals surface area contributed by atoms with Crippen molar-refractivity contribution in [3.8, 4) is 29.4 Å².